The summed E-state index contributed by atoms with van der Waals surface area (Å²) < 4.78 is 0. The van der Waals surface area contributed by atoms with E-state index in [0.29, 0.717) is 0 Å². The minimum Gasteiger partial charge on any atom is -0.350 e. The number of anilines is 1. The van der Waals surface area contributed by atoms with Gasteiger partial charge in [-0.15, -0.1) is 0 Å². The fourth-order valence-corrected chi connectivity index (χ4v) is 2.42. The Hall–Kier alpha value is -1.69. The third kappa shape index (κ3) is 4.14. The Bertz CT molecular complexity index is 471. The standard InChI is InChI=1S/C15H25N5O/c1-15(2,3)12(16)13(21)19-11-6-4-9-20(10-11)14-17-7-5-8-18-14/h5,7-8,11-12H,4,6,9-10,16H2,1-3H3,(H,19,21)/t11?,12-/m0/s1. The summed E-state index contributed by atoms with van der Waals surface area (Å²) >= 11 is 0. The van der Waals surface area contributed by atoms with Crippen LogP contribution in [0.2, 0.25) is 0 Å². The van der Waals surface area contributed by atoms with Gasteiger partial charge >= 0.3 is 0 Å². The molecule has 3 N–H and O–H groups in total. The van der Waals surface area contributed by atoms with Crippen molar-refractivity contribution in [3.8, 4) is 0 Å². The molecule has 1 aliphatic heterocycles. The average molecular weight is 291 g/mol. The van der Waals surface area contributed by atoms with Crippen molar-refractivity contribution < 1.29 is 4.79 Å². The SMILES string of the molecule is CC(C)(C)[C@@H](N)C(=O)NC1CCCN(c2ncccn2)C1. The fourth-order valence-electron chi connectivity index (χ4n) is 2.42. The monoisotopic (exact) mass is 291 g/mol. The summed E-state index contributed by atoms with van der Waals surface area (Å²) in [6.45, 7) is 7.57. The lowest BCUT2D eigenvalue weighted by Gasteiger charge is -2.34. The van der Waals surface area contributed by atoms with E-state index >= 15 is 0 Å². The minimum atomic E-state index is -0.499. The van der Waals surface area contributed by atoms with Crippen LogP contribution in [-0.4, -0.2) is 41.0 Å². The predicted octanol–water partition coefficient (Wildman–Crippen LogP) is 0.935. The third-order valence-corrected chi connectivity index (χ3v) is 3.82. The molecule has 0 bridgehead atoms. The molecule has 116 valence electrons. The lowest BCUT2D eigenvalue weighted by molar-refractivity contribution is -0.125. The molecule has 2 heterocycles. The largest absolute Gasteiger partial charge is 0.350 e. The molecule has 0 saturated carbocycles. The predicted molar refractivity (Wildman–Crippen MR) is 82.8 cm³/mol. The van der Waals surface area contributed by atoms with Gasteiger partial charge in [0.2, 0.25) is 11.9 Å². The number of aromatic nitrogens is 2. The van der Waals surface area contributed by atoms with Gasteiger partial charge in [-0.1, -0.05) is 20.8 Å². The maximum atomic E-state index is 12.2. The number of nitrogens with zero attached hydrogens (tertiary/aromatic N) is 3. The van der Waals surface area contributed by atoms with Crippen molar-refractivity contribution in [3.05, 3.63) is 18.5 Å². The second-order valence-electron chi connectivity index (χ2n) is 6.69. The number of rotatable bonds is 3. The molecule has 0 aromatic carbocycles. The number of piperidine rings is 1. The zero-order valence-corrected chi connectivity index (χ0v) is 13.0. The van der Waals surface area contributed by atoms with E-state index in [9.17, 15) is 4.79 Å². The average Bonchev–Trinajstić information content (AvgIpc) is 2.46. The molecule has 0 aliphatic carbocycles. The first-order chi connectivity index (χ1) is 9.88. The van der Waals surface area contributed by atoms with Crippen molar-refractivity contribution in [2.24, 2.45) is 11.1 Å². The van der Waals surface area contributed by atoms with Gasteiger partial charge in [0.05, 0.1) is 6.04 Å². The van der Waals surface area contributed by atoms with Crippen LogP contribution in [0.3, 0.4) is 0 Å². The number of amides is 1. The topological polar surface area (TPSA) is 84.1 Å². The molecule has 1 amide bonds. The molecular formula is C15H25N5O. The summed E-state index contributed by atoms with van der Waals surface area (Å²) in [5.41, 5.74) is 5.77. The maximum absolute atomic E-state index is 12.2. The van der Waals surface area contributed by atoms with Crippen LogP contribution < -0.4 is 16.0 Å². The summed E-state index contributed by atoms with van der Waals surface area (Å²) in [6.07, 6.45) is 5.44. The summed E-state index contributed by atoms with van der Waals surface area (Å²) in [4.78, 5) is 22.9. The Labute approximate surface area is 126 Å². The van der Waals surface area contributed by atoms with Crippen molar-refractivity contribution >= 4 is 11.9 Å². The Balaban J connectivity index is 1.94. The molecular weight excluding hydrogens is 266 g/mol. The van der Waals surface area contributed by atoms with Gasteiger partial charge in [-0.25, -0.2) is 9.97 Å². The van der Waals surface area contributed by atoms with Crippen LogP contribution in [0.15, 0.2) is 18.5 Å². The van der Waals surface area contributed by atoms with E-state index < -0.39 is 6.04 Å². The van der Waals surface area contributed by atoms with E-state index in [-0.39, 0.29) is 17.4 Å². The Morgan fingerprint density at radius 3 is 2.71 bits per heavy atom. The van der Waals surface area contributed by atoms with Crippen LogP contribution in [-0.2, 0) is 4.79 Å². The van der Waals surface area contributed by atoms with E-state index in [2.05, 4.69) is 20.2 Å². The molecule has 1 fully saturated rings. The molecule has 1 unspecified atom stereocenters. The van der Waals surface area contributed by atoms with Crippen molar-refractivity contribution in [1.82, 2.24) is 15.3 Å². The molecule has 1 aliphatic rings. The zero-order chi connectivity index (χ0) is 15.5. The fraction of sp³-hybridized carbons (Fsp3) is 0.667. The van der Waals surface area contributed by atoms with Gasteiger partial charge < -0.3 is 16.0 Å². The Morgan fingerprint density at radius 2 is 2.10 bits per heavy atom. The molecule has 6 nitrogen and oxygen atoms in total. The first kappa shape index (κ1) is 15.7. The van der Waals surface area contributed by atoms with Crippen LogP contribution in [0.25, 0.3) is 0 Å². The molecule has 2 atom stereocenters. The smallest absolute Gasteiger partial charge is 0.237 e. The molecule has 1 aromatic heterocycles. The third-order valence-electron chi connectivity index (χ3n) is 3.82. The summed E-state index contributed by atoms with van der Waals surface area (Å²) in [5.74, 6) is 0.639. The number of hydrogen-bond donors (Lipinski definition) is 2. The van der Waals surface area contributed by atoms with Crippen molar-refractivity contribution in [2.75, 3.05) is 18.0 Å². The number of hydrogen-bond acceptors (Lipinski definition) is 5. The maximum Gasteiger partial charge on any atom is 0.237 e. The summed E-state index contributed by atoms with van der Waals surface area (Å²) in [6, 6.07) is 1.40. The van der Waals surface area contributed by atoms with E-state index in [1.807, 2.05) is 20.8 Å². The van der Waals surface area contributed by atoms with Gasteiger partial charge in [0.1, 0.15) is 0 Å². The van der Waals surface area contributed by atoms with E-state index in [1.165, 1.54) is 0 Å². The van der Waals surface area contributed by atoms with E-state index in [1.54, 1.807) is 18.5 Å². The number of carbonyl (C=O) groups is 1. The van der Waals surface area contributed by atoms with Crippen LogP contribution >= 0.6 is 0 Å². The van der Waals surface area contributed by atoms with Crippen LogP contribution in [0.1, 0.15) is 33.6 Å². The highest BCUT2D eigenvalue weighted by Gasteiger charge is 2.30. The highest BCUT2D eigenvalue weighted by molar-refractivity contribution is 5.82. The second kappa shape index (κ2) is 6.39. The normalized spacial score (nSPS) is 21.0. The first-order valence-corrected chi connectivity index (χ1v) is 7.46. The van der Waals surface area contributed by atoms with Crippen molar-refractivity contribution in [3.63, 3.8) is 0 Å². The molecule has 0 radical (unpaired) electrons. The molecule has 1 saturated heterocycles. The first-order valence-electron chi connectivity index (χ1n) is 7.46. The van der Waals surface area contributed by atoms with Gasteiger partial charge in [-0.3, -0.25) is 4.79 Å². The molecule has 21 heavy (non-hydrogen) atoms. The van der Waals surface area contributed by atoms with Crippen molar-refractivity contribution in [2.45, 2.75) is 45.7 Å². The molecule has 6 heteroatoms. The number of nitrogens with two attached hydrogens (primary N) is 1. The number of nitrogens with one attached hydrogen (secondary N) is 1. The number of carbonyl (C=O) groups excluding carboxylic acids is 1. The van der Waals surface area contributed by atoms with Gasteiger partial charge in [-0.2, -0.15) is 0 Å². The second-order valence-corrected chi connectivity index (χ2v) is 6.69. The van der Waals surface area contributed by atoms with E-state index in [0.717, 1.165) is 31.9 Å². The van der Waals surface area contributed by atoms with Gasteiger partial charge in [0.25, 0.3) is 0 Å². The lowest BCUT2D eigenvalue weighted by Crippen LogP contribution is -2.55. The van der Waals surface area contributed by atoms with Crippen LogP contribution in [0.4, 0.5) is 5.95 Å². The summed E-state index contributed by atoms with van der Waals surface area (Å²) in [7, 11) is 0. The Morgan fingerprint density at radius 1 is 1.43 bits per heavy atom. The molecule has 0 spiro atoms. The quantitative estimate of drug-likeness (QED) is 0.865. The van der Waals surface area contributed by atoms with E-state index in [4.69, 9.17) is 5.73 Å². The minimum absolute atomic E-state index is 0.0802. The molecule has 1 aromatic rings. The molecule has 2 rings (SSSR count). The van der Waals surface area contributed by atoms with Gasteiger partial charge in [0, 0.05) is 31.5 Å². The van der Waals surface area contributed by atoms with Crippen molar-refractivity contribution in [1.29, 1.82) is 0 Å². The van der Waals surface area contributed by atoms with Crippen LogP contribution in [0, 0.1) is 5.41 Å². The van der Waals surface area contributed by atoms with Gasteiger partial charge in [-0.05, 0) is 24.3 Å². The Kier molecular flexibility index (Phi) is 4.77. The lowest BCUT2D eigenvalue weighted by atomic mass is 9.86. The summed E-state index contributed by atoms with van der Waals surface area (Å²) in [5, 5.41) is 3.06. The van der Waals surface area contributed by atoms with Crippen LogP contribution in [0.5, 0.6) is 0 Å². The highest BCUT2D eigenvalue weighted by atomic mass is 16.2. The van der Waals surface area contributed by atoms with Gasteiger partial charge in [0.15, 0.2) is 0 Å². The zero-order valence-electron chi connectivity index (χ0n) is 13.0. The highest BCUT2D eigenvalue weighted by Crippen LogP contribution is 2.19.